The zero-order chi connectivity index (χ0) is 14.6. The number of sulfonamides is 1. The standard InChI is InChI=1S/C15H24N2O2S/c1-3-12(4-2)11-17-20(18,19)14-8-7-13-6-5-9-16-15(13)10-14/h7-8,10,12,16-17H,3-6,9,11H2,1-2H3. The maximum atomic E-state index is 12.3. The van der Waals surface area contributed by atoms with E-state index < -0.39 is 10.0 Å². The van der Waals surface area contributed by atoms with E-state index in [1.54, 1.807) is 12.1 Å². The van der Waals surface area contributed by atoms with E-state index >= 15 is 0 Å². The molecule has 0 radical (unpaired) electrons. The highest BCUT2D eigenvalue weighted by Gasteiger charge is 2.18. The highest BCUT2D eigenvalue weighted by atomic mass is 32.2. The average molecular weight is 296 g/mol. The molecule has 5 heteroatoms. The van der Waals surface area contributed by atoms with Crippen LogP contribution < -0.4 is 10.0 Å². The summed E-state index contributed by atoms with van der Waals surface area (Å²) in [5, 5.41) is 3.27. The number of rotatable bonds is 6. The van der Waals surface area contributed by atoms with E-state index in [4.69, 9.17) is 0 Å². The van der Waals surface area contributed by atoms with Gasteiger partial charge < -0.3 is 5.32 Å². The Hall–Kier alpha value is -1.07. The first kappa shape index (κ1) is 15.3. The second-order valence-corrected chi connectivity index (χ2v) is 7.15. The van der Waals surface area contributed by atoms with Gasteiger partial charge >= 0.3 is 0 Å². The SMILES string of the molecule is CCC(CC)CNS(=O)(=O)c1ccc2c(c1)NCCC2. The van der Waals surface area contributed by atoms with Gasteiger partial charge in [-0.1, -0.05) is 32.8 Å². The molecular formula is C15H24N2O2S. The molecule has 0 unspecified atom stereocenters. The molecule has 0 saturated carbocycles. The maximum absolute atomic E-state index is 12.3. The largest absolute Gasteiger partial charge is 0.385 e. The van der Waals surface area contributed by atoms with Crippen LogP contribution in [0.3, 0.4) is 0 Å². The van der Waals surface area contributed by atoms with Crippen molar-refractivity contribution >= 4 is 15.7 Å². The summed E-state index contributed by atoms with van der Waals surface area (Å²) in [6.07, 6.45) is 4.10. The Morgan fingerprint density at radius 2 is 2.05 bits per heavy atom. The van der Waals surface area contributed by atoms with Gasteiger partial charge in [0.2, 0.25) is 10.0 Å². The predicted molar refractivity (Wildman–Crippen MR) is 82.5 cm³/mol. The average Bonchev–Trinajstić information content (AvgIpc) is 2.47. The van der Waals surface area contributed by atoms with Crippen LogP contribution >= 0.6 is 0 Å². The zero-order valence-electron chi connectivity index (χ0n) is 12.3. The van der Waals surface area contributed by atoms with Gasteiger partial charge in [-0.2, -0.15) is 0 Å². The number of benzene rings is 1. The molecule has 0 bridgehead atoms. The van der Waals surface area contributed by atoms with Crippen molar-refractivity contribution in [3.63, 3.8) is 0 Å². The van der Waals surface area contributed by atoms with Crippen LogP contribution in [0.4, 0.5) is 5.69 Å². The Kier molecular flexibility index (Phi) is 5.05. The molecule has 1 aliphatic rings. The van der Waals surface area contributed by atoms with Crippen LogP contribution in [0.25, 0.3) is 0 Å². The van der Waals surface area contributed by atoms with Crippen molar-refractivity contribution in [3.05, 3.63) is 23.8 Å². The second kappa shape index (κ2) is 6.59. The Morgan fingerprint density at radius 1 is 1.30 bits per heavy atom. The van der Waals surface area contributed by atoms with Gasteiger partial charge in [-0.15, -0.1) is 0 Å². The van der Waals surface area contributed by atoms with Gasteiger partial charge in [0, 0.05) is 18.8 Å². The topological polar surface area (TPSA) is 58.2 Å². The molecule has 0 aromatic heterocycles. The minimum atomic E-state index is -3.40. The molecule has 0 aliphatic carbocycles. The van der Waals surface area contributed by atoms with Crippen molar-refractivity contribution in [1.29, 1.82) is 0 Å². The minimum Gasteiger partial charge on any atom is -0.385 e. The van der Waals surface area contributed by atoms with Gasteiger partial charge in [0.05, 0.1) is 4.90 Å². The highest BCUT2D eigenvalue weighted by molar-refractivity contribution is 7.89. The van der Waals surface area contributed by atoms with Crippen molar-refractivity contribution in [2.24, 2.45) is 5.92 Å². The minimum absolute atomic E-state index is 0.358. The van der Waals surface area contributed by atoms with Crippen molar-refractivity contribution in [3.8, 4) is 0 Å². The van der Waals surface area contributed by atoms with Gasteiger partial charge in [-0.05, 0) is 36.5 Å². The van der Waals surface area contributed by atoms with E-state index in [0.717, 1.165) is 37.9 Å². The third-order valence-electron chi connectivity index (χ3n) is 4.05. The first-order chi connectivity index (χ1) is 9.56. The van der Waals surface area contributed by atoms with Gasteiger partial charge in [-0.25, -0.2) is 13.1 Å². The van der Waals surface area contributed by atoms with Crippen molar-refractivity contribution < 1.29 is 8.42 Å². The van der Waals surface area contributed by atoms with Crippen LogP contribution in [-0.2, 0) is 16.4 Å². The fraction of sp³-hybridized carbons (Fsp3) is 0.600. The van der Waals surface area contributed by atoms with Gasteiger partial charge in [0.1, 0.15) is 0 Å². The molecule has 1 aliphatic heterocycles. The smallest absolute Gasteiger partial charge is 0.240 e. The van der Waals surface area contributed by atoms with E-state index in [1.807, 2.05) is 6.07 Å². The molecule has 0 atom stereocenters. The molecular weight excluding hydrogens is 272 g/mol. The monoisotopic (exact) mass is 296 g/mol. The lowest BCUT2D eigenvalue weighted by Gasteiger charge is -2.19. The normalized spacial score (nSPS) is 14.9. The van der Waals surface area contributed by atoms with Crippen molar-refractivity contribution in [2.75, 3.05) is 18.4 Å². The Morgan fingerprint density at radius 3 is 2.75 bits per heavy atom. The van der Waals surface area contributed by atoms with Gasteiger partial charge in [0.15, 0.2) is 0 Å². The molecule has 2 N–H and O–H groups in total. The fourth-order valence-electron chi connectivity index (χ4n) is 2.50. The van der Waals surface area contributed by atoms with Crippen LogP contribution in [0, 0.1) is 5.92 Å². The van der Waals surface area contributed by atoms with Crippen LogP contribution in [0.2, 0.25) is 0 Å². The van der Waals surface area contributed by atoms with Gasteiger partial charge in [0.25, 0.3) is 0 Å². The van der Waals surface area contributed by atoms with Crippen LogP contribution in [0.15, 0.2) is 23.1 Å². The van der Waals surface area contributed by atoms with Crippen LogP contribution in [0.1, 0.15) is 38.7 Å². The van der Waals surface area contributed by atoms with Crippen LogP contribution in [-0.4, -0.2) is 21.5 Å². The number of anilines is 1. The zero-order valence-corrected chi connectivity index (χ0v) is 13.1. The third-order valence-corrected chi connectivity index (χ3v) is 5.47. The molecule has 112 valence electrons. The summed E-state index contributed by atoms with van der Waals surface area (Å²) in [5.74, 6) is 0.403. The molecule has 0 fully saturated rings. The molecule has 0 saturated heterocycles. The molecule has 4 nitrogen and oxygen atoms in total. The Balaban J connectivity index is 2.13. The molecule has 0 spiro atoms. The molecule has 20 heavy (non-hydrogen) atoms. The summed E-state index contributed by atoms with van der Waals surface area (Å²) < 4.78 is 27.4. The maximum Gasteiger partial charge on any atom is 0.240 e. The van der Waals surface area contributed by atoms with E-state index in [1.165, 1.54) is 5.56 Å². The lowest BCUT2D eigenvalue weighted by atomic mass is 10.0. The summed E-state index contributed by atoms with van der Waals surface area (Å²) in [6, 6.07) is 5.39. The van der Waals surface area contributed by atoms with Gasteiger partial charge in [-0.3, -0.25) is 0 Å². The third kappa shape index (κ3) is 3.52. The first-order valence-electron chi connectivity index (χ1n) is 7.43. The summed E-state index contributed by atoms with van der Waals surface area (Å²) in [7, 11) is -3.40. The summed E-state index contributed by atoms with van der Waals surface area (Å²) in [5.41, 5.74) is 2.16. The lowest BCUT2D eigenvalue weighted by molar-refractivity contribution is 0.479. The van der Waals surface area contributed by atoms with Crippen molar-refractivity contribution in [1.82, 2.24) is 4.72 Å². The van der Waals surface area contributed by atoms with E-state index in [-0.39, 0.29) is 0 Å². The fourth-order valence-corrected chi connectivity index (χ4v) is 3.64. The van der Waals surface area contributed by atoms with E-state index in [9.17, 15) is 8.42 Å². The number of fused-ring (bicyclic) bond motifs is 1. The number of aryl methyl sites for hydroxylation is 1. The summed E-state index contributed by atoms with van der Waals surface area (Å²) in [6.45, 7) is 5.61. The molecule has 1 aromatic carbocycles. The molecule has 0 amide bonds. The number of hydrogen-bond acceptors (Lipinski definition) is 3. The molecule has 1 heterocycles. The molecule has 2 rings (SSSR count). The van der Waals surface area contributed by atoms with Crippen molar-refractivity contribution in [2.45, 2.75) is 44.4 Å². The lowest BCUT2D eigenvalue weighted by Crippen LogP contribution is -2.29. The quantitative estimate of drug-likeness (QED) is 0.848. The predicted octanol–water partition coefficient (Wildman–Crippen LogP) is 2.76. The molecule has 1 aromatic rings. The number of hydrogen-bond donors (Lipinski definition) is 2. The number of nitrogens with one attached hydrogen (secondary N) is 2. The summed E-state index contributed by atoms with van der Waals surface area (Å²) in [4.78, 5) is 0.358. The summed E-state index contributed by atoms with van der Waals surface area (Å²) >= 11 is 0. The first-order valence-corrected chi connectivity index (χ1v) is 8.91. The highest BCUT2D eigenvalue weighted by Crippen LogP contribution is 2.25. The Bertz CT molecular complexity index is 551. The van der Waals surface area contributed by atoms with Crippen LogP contribution in [0.5, 0.6) is 0 Å². The second-order valence-electron chi connectivity index (χ2n) is 5.38. The van der Waals surface area contributed by atoms with E-state index in [2.05, 4.69) is 23.9 Å². The Labute approximate surface area is 122 Å². The van der Waals surface area contributed by atoms with E-state index in [0.29, 0.717) is 17.4 Å².